The summed E-state index contributed by atoms with van der Waals surface area (Å²) in [6, 6.07) is 14.3. The molecule has 2 aromatic carbocycles. The molecule has 2 amide bonds. The van der Waals surface area contributed by atoms with Crippen LogP contribution in [0.2, 0.25) is 0 Å². The molecule has 4 aromatic rings. The van der Waals surface area contributed by atoms with Gasteiger partial charge in [-0.15, -0.1) is 43.1 Å². The van der Waals surface area contributed by atoms with Crippen molar-refractivity contribution in [3.05, 3.63) is 79.7 Å². The molecule has 0 bridgehead atoms. The maximum atomic E-state index is 12.7. The fraction of sp³-hybridized carbons (Fsp3) is 0.444. The van der Waals surface area contributed by atoms with Gasteiger partial charge in [-0.2, -0.15) is 11.8 Å². The molecule has 0 aliphatic rings. The smallest absolute Gasteiger partial charge is 0.412 e. The maximum absolute atomic E-state index is 12.7. The second-order valence-electron chi connectivity index (χ2n) is 13.7. The molecule has 272 valence electrons. The number of carbonyl (C=O) groups excluding carboxylic acids is 4. The fourth-order valence-corrected chi connectivity index (χ4v) is 7.50. The van der Waals surface area contributed by atoms with Crippen LogP contribution in [0.5, 0.6) is 0 Å². The monoisotopic (exact) mass is 752 g/mol. The molecule has 12 nitrogen and oxygen atoms in total. The van der Waals surface area contributed by atoms with Gasteiger partial charge in [0.2, 0.25) is 0 Å². The first-order valence-corrected chi connectivity index (χ1v) is 19.3. The molecule has 15 heteroatoms. The van der Waals surface area contributed by atoms with Crippen LogP contribution >= 0.6 is 34.4 Å². The van der Waals surface area contributed by atoms with Crippen molar-refractivity contribution in [1.82, 2.24) is 20.4 Å². The van der Waals surface area contributed by atoms with E-state index in [1.807, 2.05) is 12.1 Å². The van der Waals surface area contributed by atoms with Gasteiger partial charge in [-0.25, -0.2) is 9.59 Å². The summed E-state index contributed by atoms with van der Waals surface area (Å²) < 4.78 is 10.6. The number of anilines is 2. The zero-order chi connectivity index (χ0) is 37.0. The van der Waals surface area contributed by atoms with Crippen LogP contribution in [0.4, 0.5) is 21.0 Å². The highest BCUT2D eigenvalue weighted by Crippen LogP contribution is 2.20. The first kappa shape index (κ1) is 39.6. The largest absolute Gasteiger partial charge is 0.444 e. The molecular weight excluding hydrogens is 709 g/mol. The number of nitrogens with zero attached hydrogens (tertiary/aromatic N) is 4. The van der Waals surface area contributed by atoms with E-state index in [0.29, 0.717) is 21.4 Å². The summed E-state index contributed by atoms with van der Waals surface area (Å²) in [5.41, 5.74) is 1.51. The summed E-state index contributed by atoms with van der Waals surface area (Å²) in [5.74, 6) is 1.74. The van der Waals surface area contributed by atoms with Gasteiger partial charge < -0.3 is 9.47 Å². The van der Waals surface area contributed by atoms with E-state index >= 15 is 0 Å². The Bertz CT molecular complexity index is 1680. The molecule has 0 aliphatic heterocycles. The minimum atomic E-state index is -0.603. The first-order chi connectivity index (χ1) is 24.1. The molecule has 0 saturated heterocycles. The lowest BCUT2D eigenvalue weighted by Crippen LogP contribution is -2.27. The summed E-state index contributed by atoms with van der Waals surface area (Å²) in [7, 11) is 0. The highest BCUT2D eigenvalue weighted by Gasteiger charge is 2.18. The lowest BCUT2D eigenvalue weighted by molar-refractivity contribution is -0.118. The van der Waals surface area contributed by atoms with E-state index in [4.69, 9.17) is 9.47 Å². The molecule has 2 N–H and O–H groups in total. The Kier molecular flexibility index (Phi) is 14.2. The van der Waals surface area contributed by atoms with Crippen LogP contribution in [0.15, 0.2) is 48.5 Å². The number of aryl methyl sites for hydroxylation is 2. The molecule has 0 saturated carbocycles. The summed E-state index contributed by atoms with van der Waals surface area (Å²) in [6.45, 7) is 10.8. The van der Waals surface area contributed by atoms with Gasteiger partial charge in [0.15, 0.2) is 0 Å². The number of rotatable bonds is 16. The lowest BCUT2D eigenvalue weighted by Gasteiger charge is -2.19. The van der Waals surface area contributed by atoms with Crippen molar-refractivity contribution in [3.63, 3.8) is 0 Å². The van der Waals surface area contributed by atoms with Crippen LogP contribution < -0.4 is 10.6 Å². The Labute approximate surface area is 310 Å². The van der Waals surface area contributed by atoms with Crippen LogP contribution in [0.3, 0.4) is 0 Å². The molecular formula is C36H44N6O6S3. The van der Waals surface area contributed by atoms with Crippen LogP contribution in [0.1, 0.15) is 72.7 Å². The van der Waals surface area contributed by atoms with Gasteiger partial charge in [0.1, 0.15) is 42.8 Å². The summed E-state index contributed by atoms with van der Waals surface area (Å²) in [5, 5.41) is 25.5. The second-order valence-corrected chi connectivity index (χ2v) is 17.2. The van der Waals surface area contributed by atoms with Crippen LogP contribution in [0.25, 0.3) is 0 Å². The molecule has 0 atom stereocenters. The minimum Gasteiger partial charge on any atom is -0.444 e. The average Bonchev–Trinajstić information content (AvgIpc) is 3.64. The van der Waals surface area contributed by atoms with Gasteiger partial charge in [-0.3, -0.25) is 20.2 Å². The fourth-order valence-electron chi connectivity index (χ4n) is 4.62. The van der Waals surface area contributed by atoms with E-state index < -0.39 is 23.4 Å². The summed E-state index contributed by atoms with van der Waals surface area (Å²) in [6.07, 6.45) is 1.26. The number of Topliss-reactive ketones (excluding diaryl/α,β-unsaturated/α-hetero) is 2. The van der Waals surface area contributed by atoms with Crippen molar-refractivity contribution in [2.75, 3.05) is 22.1 Å². The SMILES string of the molecule is CC(C)(C)OC(=O)Nc1cccc(CC(=O)Cc2nnc(CCSCCc3nnc(CC(=O)Cc4cccc(NC(=O)OC(C)(C)C)c4)s3)s2)c1. The number of benzene rings is 2. The third kappa shape index (κ3) is 15.3. The summed E-state index contributed by atoms with van der Waals surface area (Å²) >= 11 is 4.68. The van der Waals surface area contributed by atoms with Crippen molar-refractivity contribution in [3.8, 4) is 0 Å². The van der Waals surface area contributed by atoms with Gasteiger partial charge in [0.05, 0.1) is 12.8 Å². The third-order valence-corrected chi connectivity index (χ3v) is 9.53. The van der Waals surface area contributed by atoms with Gasteiger partial charge >= 0.3 is 12.2 Å². The van der Waals surface area contributed by atoms with Crippen molar-refractivity contribution in [1.29, 1.82) is 0 Å². The molecule has 0 radical (unpaired) electrons. The molecule has 0 fully saturated rings. The lowest BCUT2D eigenvalue weighted by atomic mass is 10.1. The number of hydrogen-bond donors (Lipinski definition) is 2. The standard InChI is InChI=1S/C36H44N6O6S3/c1-35(2,3)47-33(45)37-25-11-7-9-23(17-25)19-27(43)21-31-41-39-29(50-31)13-15-49-16-14-30-40-42-32(51-30)22-28(44)20-24-10-8-12-26(18-24)38-34(46)48-36(4,5)6/h7-12,17-18H,13-16,19-22H2,1-6H3,(H,37,45)(H,38,46). The number of amides is 2. The summed E-state index contributed by atoms with van der Waals surface area (Å²) in [4.78, 5) is 49.6. The number of carbonyl (C=O) groups is 4. The molecule has 4 rings (SSSR count). The zero-order valence-electron chi connectivity index (χ0n) is 29.7. The third-order valence-electron chi connectivity index (χ3n) is 6.58. The van der Waals surface area contributed by atoms with E-state index in [2.05, 4.69) is 31.0 Å². The van der Waals surface area contributed by atoms with E-state index in [-0.39, 0.29) is 37.2 Å². The van der Waals surface area contributed by atoms with Crippen LogP contribution in [-0.2, 0) is 57.6 Å². The first-order valence-electron chi connectivity index (χ1n) is 16.5. The van der Waals surface area contributed by atoms with E-state index in [1.54, 1.807) is 89.7 Å². The highest BCUT2D eigenvalue weighted by atomic mass is 32.2. The topological polar surface area (TPSA) is 162 Å². The molecule has 0 unspecified atom stereocenters. The number of aromatic nitrogens is 4. The van der Waals surface area contributed by atoms with Crippen LogP contribution in [-0.4, -0.2) is 66.9 Å². The van der Waals surface area contributed by atoms with Crippen molar-refractivity contribution in [2.45, 2.75) is 91.3 Å². The molecule has 2 heterocycles. The predicted octanol–water partition coefficient (Wildman–Crippen LogP) is 7.31. The number of nitrogens with one attached hydrogen (secondary N) is 2. The number of ketones is 2. The Morgan fingerprint density at radius 2 is 1.00 bits per heavy atom. The Hall–Kier alpha value is -4.21. The van der Waals surface area contributed by atoms with Gasteiger partial charge in [-0.05, 0) is 88.4 Å². The van der Waals surface area contributed by atoms with Crippen molar-refractivity contribution in [2.24, 2.45) is 0 Å². The number of hydrogen-bond acceptors (Lipinski definition) is 13. The zero-order valence-corrected chi connectivity index (χ0v) is 32.2. The van der Waals surface area contributed by atoms with Crippen molar-refractivity contribution < 1.29 is 28.7 Å². The Morgan fingerprint density at radius 3 is 1.39 bits per heavy atom. The van der Waals surface area contributed by atoms with Gasteiger partial charge in [0.25, 0.3) is 0 Å². The van der Waals surface area contributed by atoms with E-state index in [0.717, 1.165) is 45.5 Å². The van der Waals surface area contributed by atoms with Crippen LogP contribution in [0, 0.1) is 0 Å². The molecule has 0 aliphatic carbocycles. The Morgan fingerprint density at radius 1 is 0.608 bits per heavy atom. The minimum absolute atomic E-state index is 0.0152. The Balaban J connectivity index is 1.12. The maximum Gasteiger partial charge on any atom is 0.412 e. The molecule has 2 aromatic heterocycles. The van der Waals surface area contributed by atoms with E-state index in [1.165, 1.54) is 22.7 Å². The van der Waals surface area contributed by atoms with Gasteiger partial charge in [0, 0.05) is 37.1 Å². The predicted molar refractivity (Wildman–Crippen MR) is 202 cm³/mol. The highest BCUT2D eigenvalue weighted by molar-refractivity contribution is 7.99. The quantitative estimate of drug-likeness (QED) is 0.110. The second kappa shape index (κ2) is 18.3. The average molecular weight is 753 g/mol. The van der Waals surface area contributed by atoms with Gasteiger partial charge in [-0.1, -0.05) is 24.3 Å². The van der Waals surface area contributed by atoms with E-state index in [9.17, 15) is 19.2 Å². The molecule has 51 heavy (non-hydrogen) atoms. The number of thioether (sulfide) groups is 1. The van der Waals surface area contributed by atoms with Crippen molar-refractivity contribution >= 4 is 69.6 Å². The number of ether oxygens (including phenoxy) is 2. The normalized spacial score (nSPS) is 11.6. The molecule has 0 spiro atoms.